The number of anilines is 1. The molecule has 1 fully saturated rings. The quantitative estimate of drug-likeness (QED) is 0.746. The highest BCUT2D eigenvalue weighted by Crippen LogP contribution is 2.32. The van der Waals surface area contributed by atoms with E-state index in [1.807, 2.05) is 0 Å². The van der Waals surface area contributed by atoms with E-state index < -0.39 is 11.5 Å². The molecule has 3 N–H and O–H groups in total. The van der Waals surface area contributed by atoms with Crippen LogP contribution in [-0.4, -0.2) is 36.2 Å². The number of hydrogen-bond acceptors (Lipinski definition) is 4. The molecule has 7 heteroatoms. The largest absolute Gasteiger partial charge is 0.495 e. The fourth-order valence-electron chi connectivity index (χ4n) is 2.20. The van der Waals surface area contributed by atoms with Gasteiger partial charge in [0.1, 0.15) is 11.3 Å². The number of carbonyl (C=O) groups excluding carboxylic acids is 1. The zero-order valence-electron chi connectivity index (χ0n) is 11.6. The number of nitrogens with one attached hydrogen (secondary N) is 2. The summed E-state index contributed by atoms with van der Waals surface area (Å²) in [6, 6.07) is 4.89. The number of carboxylic acid groups (broad SMARTS) is 1. The Morgan fingerprint density at radius 1 is 1.43 bits per heavy atom. The molecule has 0 saturated heterocycles. The molecule has 1 aliphatic rings. The van der Waals surface area contributed by atoms with Crippen LogP contribution in [0.3, 0.4) is 0 Å². The van der Waals surface area contributed by atoms with E-state index in [0.717, 1.165) is 6.42 Å². The molecule has 21 heavy (non-hydrogen) atoms. The van der Waals surface area contributed by atoms with Crippen molar-refractivity contribution in [2.75, 3.05) is 19.0 Å². The Hall–Kier alpha value is -1.79. The fourth-order valence-corrected chi connectivity index (χ4v) is 2.45. The molecule has 1 aromatic carbocycles. The van der Waals surface area contributed by atoms with Crippen LogP contribution in [0.25, 0.3) is 0 Å². The summed E-state index contributed by atoms with van der Waals surface area (Å²) in [5.74, 6) is -0.704. The summed E-state index contributed by atoms with van der Waals surface area (Å²) < 4.78 is 5.02. The number of ether oxygens (including phenoxy) is 1. The van der Waals surface area contributed by atoms with Crippen LogP contribution in [0, 0.1) is 0 Å². The van der Waals surface area contributed by atoms with Crippen LogP contribution in [0.4, 0.5) is 5.69 Å². The maximum Gasteiger partial charge on any atom is 0.323 e. The predicted molar refractivity (Wildman–Crippen MR) is 78.9 cm³/mol. The molecule has 0 heterocycles. The van der Waals surface area contributed by atoms with Crippen LogP contribution >= 0.6 is 11.6 Å². The lowest BCUT2D eigenvalue weighted by atomic mass is 9.77. The van der Waals surface area contributed by atoms with E-state index in [1.54, 1.807) is 18.2 Å². The van der Waals surface area contributed by atoms with Gasteiger partial charge in [0.05, 0.1) is 18.7 Å². The Morgan fingerprint density at radius 2 is 2.14 bits per heavy atom. The van der Waals surface area contributed by atoms with E-state index in [0.29, 0.717) is 29.3 Å². The summed E-state index contributed by atoms with van der Waals surface area (Å²) in [5.41, 5.74) is -0.417. The monoisotopic (exact) mass is 312 g/mol. The second kappa shape index (κ2) is 6.32. The summed E-state index contributed by atoms with van der Waals surface area (Å²) in [7, 11) is 1.51. The third-order valence-corrected chi connectivity index (χ3v) is 3.93. The average Bonchev–Trinajstić information content (AvgIpc) is 2.37. The summed E-state index contributed by atoms with van der Waals surface area (Å²) in [4.78, 5) is 23.0. The number of hydrogen-bond donors (Lipinski definition) is 3. The number of carbonyl (C=O) groups is 2. The van der Waals surface area contributed by atoms with Gasteiger partial charge in [-0.3, -0.25) is 14.9 Å². The third kappa shape index (κ3) is 3.46. The van der Waals surface area contributed by atoms with Gasteiger partial charge >= 0.3 is 5.97 Å². The van der Waals surface area contributed by atoms with Gasteiger partial charge in [0.25, 0.3) is 0 Å². The van der Waals surface area contributed by atoms with E-state index in [1.165, 1.54) is 7.11 Å². The van der Waals surface area contributed by atoms with Crippen molar-refractivity contribution in [2.24, 2.45) is 0 Å². The van der Waals surface area contributed by atoms with Crippen LogP contribution < -0.4 is 15.4 Å². The first kappa shape index (κ1) is 15.6. The molecular formula is C14H17ClN2O4. The fraction of sp³-hybridized carbons (Fsp3) is 0.429. The van der Waals surface area contributed by atoms with Crippen LogP contribution in [0.1, 0.15) is 19.3 Å². The number of halogens is 1. The number of methoxy groups -OCH3 is 1. The lowest BCUT2D eigenvalue weighted by Crippen LogP contribution is -2.58. The molecule has 1 aromatic rings. The molecule has 0 radical (unpaired) electrons. The van der Waals surface area contributed by atoms with Crippen molar-refractivity contribution < 1.29 is 19.4 Å². The highest BCUT2D eigenvalue weighted by molar-refractivity contribution is 6.32. The van der Waals surface area contributed by atoms with Crippen molar-refractivity contribution in [1.82, 2.24) is 5.32 Å². The highest BCUT2D eigenvalue weighted by atomic mass is 35.5. The van der Waals surface area contributed by atoms with Crippen molar-refractivity contribution in [1.29, 1.82) is 0 Å². The standard InChI is InChI=1S/C14H17ClN2O4/c1-21-11-4-3-9(7-10(11)15)17-12(18)8-16-14(13(19)20)5-2-6-14/h3-4,7,16H,2,5-6,8H2,1H3,(H,17,18)(H,19,20). The van der Waals surface area contributed by atoms with Gasteiger partial charge in [-0.2, -0.15) is 0 Å². The number of amides is 1. The van der Waals surface area contributed by atoms with Crippen LogP contribution in [0.5, 0.6) is 5.75 Å². The number of aliphatic carboxylic acids is 1. The molecule has 0 spiro atoms. The molecule has 1 amide bonds. The molecule has 114 valence electrons. The minimum absolute atomic E-state index is 0.0596. The van der Waals surface area contributed by atoms with E-state index in [9.17, 15) is 9.59 Å². The lowest BCUT2D eigenvalue weighted by molar-refractivity contribution is -0.148. The Balaban J connectivity index is 1.90. The number of benzene rings is 1. The van der Waals surface area contributed by atoms with E-state index in [-0.39, 0.29) is 12.5 Å². The normalized spacial score (nSPS) is 15.9. The molecule has 0 aromatic heterocycles. The minimum Gasteiger partial charge on any atom is -0.495 e. The molecule has 0 bridgehead atoms. The van der Waals surface area contributed by atoms with Gasteiger partial charge in [0, 0.05) is 5.69 Å². The van der Waals surface area contributed by atoms with Gasteiger partial charge < -0.3 is 15.2 Å². The Kier molecular flexibility index (Phi) is 4.69. The van der Waals surface area contributed by atoms with Gasteiger partial charge in [-0.25, -0.2) is 0 Å². The summed E-state index contributed by atoms with van der Waals surface area (Å²) in [5, 5.41) is 15.0. The Bertz CT molecular complexity index is 558. The van der Waals surface area contributed by atoms with Gasteiger partial charge in [-0.1, -0.05) is 11.6 Å². The second-order valence-corrected chi connectivity index (χ2v) is 5.40. The molecule has 1 saturated carbocycles. The second-order valence-electron chi connectivity index (χ2n) is 4.99. The molecule has 1 aliphatic carbocycles. The van der Waals surface area contributed by atoms with Gasteiger partial charge in [-0.15, -0.1) is 0 Å². The van der Waals surface area contributed by atoms with Gasteiger partial charge in [0.2, 0.25) is 5.91 Å². The Labute approximate surface area is 127 Å². The van der Waals surface area contributed by atoms with Gasteiger partial charge in [0.15, 0.2) is 0 Å². The SMILES string of the molecule is COc1ccc(NC(=O)CNC2(C(=O)O)CCC2)cc1Cl. The summed E-state index contributed by atoms with van der Waals surface area (Å²) in [6.45, 7) is -0.0596. The summed E-state index contributed by atoms with van der Waals surface area (Å²) >= 11 is 5.97. The zero-order chi connectivity index (χ0) is 15.5. The van der Waals surface area contributed by atoms with Crippen LogP contribution in [0.2, 0.25) is 5.02 Å². The molecule has 6 nitrogen and oxygen atoms in total. The predicted octanol–water partition coefficient (Wildman–Crippen LogP) is 1.88. The van der Waals surface area contributed by atoms with Crippen LogP contribution in [-0.2, 0) is 9.59 Å². The average molecular weight is 313 g/mol. The maximum absolute atomic E-state index is 11.8. The zero-order valence-corrected chi connectivity index (χ0v) is 12.4. The topological polar surface area (TPSA) is 87.7 Å². The third-order valence-electron chi connectivity index (χ3n) is 3.64. The van der Waals surface area contributed by atoms with Crippen molar-refractivity contribution in [3.63, 3.8) is 0 Å². The molecule has 0 atom stereocenters. The molecule has 2 rings (SSSR count). The van der Waals surface area contributed by atoms with Crippen molar-refractivity contribution in [3.05, 3.63) is 23.2 Å². The van der Waals surface area contributed by atoms with Crippen molar-refractivity contribution >= 4 is 29.2 Å². The lowest BCUT2D eigenvalue weighted by Gasteiger charge is -2.38. The molecule has 0 unspecified atom stereocenters. The maximum atomic E-state index is 11.8. The van der Waals surface area contributed by atoms with E-state index in [4.69, 9.17) is 21.4 Å². The summed E-state index contributed by atoms with van der Waals surface area (Å²) in [6.07, 6.45) is 1.95. The van der Waals surface area contributed by atoms with Gasteiger partial charge in [-0.05, 0) is 37.5 Å². The van der Waals surface area contributed by atoms with Crippen molar-refractivity contribution in [3.8, 4) is 5.75 Å². The van der Waals surface area contributed by atoms with E-state index >= 15 is 0 Å². The first-order chi connectivity index (χ1) is 9.97. The highest BCUT2D eigenvalue weighted by Gasteiger charge is 2.44. The minimum atomic E-state index is -0.950. The first-order valence-electron chi connectivity index (χ1n) is 6.59. The Morgan fingerprint density at radius 3 is 2.62 bits per heavy atom. The molecule has 0 aliphatic heterocycles. The smallest absolute Gasteiger partial charge is 0.323 e. The van der Waals surface area contributed by atoms with E-state index in [2.05, 4.69) is 10.6 Å². The number of rotatable bonds is 6. The molecular weight excluding hydrogens is 296 g/mol. The van der Waals surface area contributed by atoms with Crippen molar-refractivity contribution in [2.45, 2.75) is 24.8 Å². The number of carboxylic acids is 1. The van der Waals surface area contributed by atoms with Crippen LogP contribution in [0.15, 0.2) is 18.2 Å². The first-order valence-corrected chi connectivity index (χ1v) is 6.96.